The van der Waals surface area contributed by atoms with Crippen molar-refractivity contribution in [3.05, 3.63) is 90.2 Å². The minimum atomic E-state index is -3.62. The molecule has 1 fully saturated rings. The van der Waals surface area contributed by atoms with Crippen LogP contribution in [-0.4, -0.2) is 64.1 Å². The smallest absolute Gasteiger partial charge is 0.258 e. The van der Waals surface area contributed by atoms with Crippen LogP contribution in [0.4, 0.5) is 15.8 Å². The average Bonchev–Trinajstić information content (AvgIpc) is 2.87. The number of carbonyl (C=O) groups excluding carboxylic acids is 2. The highest BCUT2D eigenvalue weighted by molar-refractivity contribution is 7.90. The first-order valence-corrected chi connectivity index (χ1v) is 13.1. The third-order valence-corrected chi connectivity index (χ3v) is 7.05. The van der Waals surface area contributed by atoms with Crippen molar-refractivity contribution in [1.82, 2.24) is 4.90 Å². The molecule has 182 valence electrons. The van der Waals surface area contributed by atoms with Crippen LogP contribution in [0.1, 0.15) is 10.4 Å². The van der Waals surface area contributed by atoms with Gasteiger partial charge in [0.05, 0.1) is 10.6 Å². The van der Waals surface area contributed by atoms with Crippen LogP contribution in [0.15, 0.2) is 83.8 Å². The monoisotopic (exact) mass is 495 g/mol. The molecule has 2 amide bonds. The van der Waals surface area contributed by atoms with Crippen LogP contribution in [0.25, 0.3) is 0 Å². The van der Waals surface area contributed by atoms with Crippen molar-refractivity contribution in [2.24, 2.45) is 0 Å². The molecule has 0 unspecified atom stereocenters. The Kier molecular flexibility index (Phi) is 7.16. The number of hydrogen-bond donors (Lipinski definition) is 0. The third kappa shape index (κ3) is 5.68. The highest BCUT2D eigenvalue weighted by atomic mass is 32.2. The number of hydrogen-bond acceptors (Lipinski definition) is 5. The molecule has 4 rings (SSSR count). The fourth-order valence-corrected chi connectivity index (χ4v) is 5.01. The minimum absolute atomic E-state index is 0.0685. The van der Waals surface area contributed by atoms with Crippen LogP contribution in [0, 0.1) is 5.82 Å². The average molecular weight is 496 g/mol. The van der Waals surface area contributed by atoms with E-state index in [0.717, 1.165) is 12.3 Å². The molecule has 3 aromatic carbocycles. The summed E-state index contributed by atoms with van der Waals surface area (Å²) in [4.78, 5) is 31.3. The Morgan fingerprint density at radius 3 is 2.09 bits per heavy atom. The number of para-hydroxylation sites is 1. The zero-order valence-electron chi connectivity index (χ0n) is 19.3. The second kappa shape index (κ2) is 10.3. The number of carbonyl (C=O) groups is 2. The first kappa shape index (κ1) is 24.4. The van der Waals surface area contributed by atoms with E-state index in [1.807, 2.05) is 29.2 Å². The summed E-state index contributed by atoms with van der Waals surface area (Å²) in [5, 5.41) is 0. The molecular weight excluding hydrogens is 469 g/mol. The maximum atomic E-state index is 13.7. The molecule has 0 atom stereocenters. The van der Waals surface area contributed by atoms with E-state index in [-0.39, 0.29) is 23.3 Å². The Balaban J connectivity index is 1.48. The molecule has 0 N–H and O–H groups in total. The molecule has 0 aromatic heterocycles. The van der Waals surface area contributed by atoms with Crippen molar-refractivity contribution >= 4 is 33.0 Å². The van der Waals surface area contributed by atoms with E-state index in [4.69, 9.17) is 0 Å². The Hall–Kier alpha value is -3.72. The maximum absolute atomic E-state index is 13.7. The van der Waals surface area contributed by atoms with Crippen LogP contribution in [0.3, 0.4) is 0 Å². The van der Waals surface area contributed by atoms with Crippen molar-refractivity contribution in [3.8, 4) is 0 Å². The normalized spacial score (nSPS) is 14.0. The van der Waals surface area contributed by atoms with E-state index in [0.29, 0.717) is 43.1 Å². The lowest BCUT2D eigenvalue weighted by molar-refractivity contribution is -0.129. The molecule has 0 spiro atoms. The van der Waals surface area contributed by atoms with E-state index in [2.05, 4.69) is 0 Å². The number of anilines is 2. The molecule has 3 aromatic rings. The second-order valence-corrected chi connectivity index (χ2v) is 10.3. The summed E-state index contributed by atoms with van der Waals surface area (Å²) >= 11 is 0. The summed E-state index contributed by atoms with van der Waals surface area (Å²) < 4.78 is 38.0. The molecule has 1 heterocycles. The predicted molar refractivity (Wildman–Crippen MR) is 133 cm³/mol. The fraction of sp³-hybridized carbons (Fsp3) is 0.231. The number of benzene rings is 3. The minimum Gasteiger partial charge on any atom is -0.367 e. The molecule has 1 aliphatic heterocycles. The van der Waals surface area contributed by atoms with Crippen LogP contribution in [-0.2, 0) is 14.6 Å². The fourth-order valence-electron chi connectivity index (χ4n) is 4.10. The molecule has 9 heteroatoms. The van der Waals surface area contributed by atoms with E-state index in [9.17, 15) is 22.4 Å². The van der Waals surface area contributed by atoms with E-state index < -0.39 is 15.7 Å². The Morgan fingerprint density at radius 1 is 0.886 bits per heavy atom. The van der Waals surface area contributed by atoms with Crippen LogP contribution in [0.2, 0.25) is 0 Å². The number of nitrogens with zero attached hydrogens (tertiary/aromatic N) is 3. The zero-order chi connectivity index (χ0) is 25.0. The summed E-state index contributed by atoms with van der Waals surface area (Å²) in [6.45, 7) is 1.35. The lowest BCUT2D eigenvalue weighted by Crippen LogP contribution is -2.52. The highest BCUT2D eigenvalue weighted by Gasteiger charge is 2.28. The van der Waals surface area contributed by atoms with Gasteiger partial charge in [-0.2, -0.15) is 0 Å². The molecule has 0 aliphatic carbocycles. The van der Waals surface area contributed by atoms with Gasteiger partial charge in [0.15, 0.2) is 9.84 Å². The number of piperazine rings is 1. The van der Waals surface area contributed by atoms with E-state index in [1.54, 1.807) is 41.3 Å². The van der Waals surface area contributed by atoms with E-state index in [1.165, 1.54) is 17.0 Å². The third-order valence-electron chi connectivity index (χ3n) is 5.92. The number of halogens is 1. The van der Waals surface area contributed by atoms with Gasteiger partial charge in [-0.05, 0) is 42.5 Å². The standard InChI is InChI=1S/C26H26FN3O4S/c1-35(33,34)24-18-21(27)12-13-23(24)28-14-16-29(17-15-28)25(31)19-30(22-10-6-3-7-11-22)26(32)20-8-4-2-5-9-20/h2-13,18H,14-17,19H2,1H3. The zero-order valence-corrected chi connectivity index (χ0v) is 20.1. The van der Waals surface area contributed by atoms with Crippen molar-refractivity contribution in [3.63, 3.8) is 0 Å². The summed E-state index contributed by atoms with van der Waals surface area (Å²) in [6.07, 6.45) is 1.05. The molecule has 1 saturated heterocycles. The summed E-state index contributed by atoms with van der Waals surface area (Å²) in [5.74, 6) is -1.10. The van der Waals surface area contributed by atoms with Gasteiger partial charge in [-0.15, -0.1) is 0 Å². The highest BCUT2D eigenvalue weighted by Crippen LogP contribution is 2.27. The largest absolute Gasteiger partial charge is 0.367 e. The van der Waals surface area contributed by atoms with E-state index >= 15 is 0 Å². The summed E-state index contributed by atoms with van der Waals surface area (Å²) in [6, 6.07) is 21.5. The van der Waals surface area contributed by atoms with Crippen molar-refractivity contribution in [1.29, 1.82) is 0 Å². The van der Waals surface area contributed by atoms with Crippen molar-refractivity contribution < 1.29 is 22.4 Å². The second-order valence-electron chi connectivity index (χ2n) is 8.34. The van der Waals surface area contributed by atoms with Crippen LogP contribution >= 0.6 is 0 Å². The van der Waals surface area contributed by atoms with Gasteiger partial charge in [-0.3, -0.25) is 14.5 Å². The van der Waals surface area contributed by atoms with Gasteiger partial charge in [0, 0.05) is 43.7 Å². The molecule has 0 radical (unpaired) electrons. The van der Waals surface area contributed by atoms with Gasteiger partial charge in [-0.1, -0.05) is 36.4 Å². The molecule has 0 bridgehead atoms. The molecule has 1 aliphatic rings. The van der Waals surface area contributed by atoms with Crippen molar-refractivity contribution in [2.75, 3.05) is 48.8 Å². The Labute approximate surface area is 204 Å². The molecule has 7 nitrogen and oxygen atoms in total. The SMILES string of the molecule is CS(=O)(=O)c1cc(F)ccc1N1CCN(C(=O)CN(C(=O)c2ccccc2)c2ccccc2)CC1. The summed E-state index contributed by atoms with van der Waals surface area (Å²) in [7, 11) is -3.62. The number of amides is 2. The number of rotatable bonds is 6. The first-order chi connectivity index (χ1) is 16.7. The van der Waals surface area contributed by atoms with Crippen molar-refractivity contribution in [2.45, 2.75) is 4.90 Å². The van der Waals surface area contributed by atoms with Gasteiger partial charge < -0.3 is 9.80 Å². The first-order valence-electron chi connectivity index (χ1n) is 11.2. The predicted octanol–water partition coefficient (Wildman–Crippen LogP) is 3.22. The molecule has 35 heavy (non-hydrogen) atoms. The van der Waals surface area contributed by atoms with Gasteiger partial charge in [0.25, 0.3) is 5.91 Å². The topological polar surface area (TPSA) is 78.0 Å². The van der Waals surface area contributed by atoms with Gasteiger partial charge in [0.1, 0.15) is 12.4 Å². The molecule has 0 saturated carbocycles. The van der Waals surface area contributed by atoms with Gasteiger partial charge in [-0.25, -0.2) is 12.8 Å². The lowest BCUT2D eigenvalue weighted by Gasteiger charge is -2.37. The molecular formula is C26H26FN3O4S. The quantitative estimate of drug-likeness (QED) is 0.525. The summed E-state index contributed by atoms with van der Waals surface area (Å²) in [5.41, 5.74) is 1.53. The number of sulfone groups is 1. The Morgan fingerprint density at radius 2 is 1.49 bits per heavy atom. The van der Waals surface area contributed by atoms with Gasteiger partial charge >= 0.3 is 0 Å². The van der Waals surface area contributed by atoms with Gasteiger partial charge in [0.2, 0.25) is 5.91 Å². The lowest BCUT2D eigenvalue weighted by atomic mass is 10.1. The van der Waals surface area contributed by atoms with Crippen LogP contribution in [0.5, 0.6) is 0 Å². The maximum Gasteiger partial charge on any atom is 0.258 e. The Bertz CT molecular complexity index is 1310. The van der Waals surface area contributed by atoms with Crippen LogP contribution < -0.4 is 9.80 Å².